The minimum atomic E-state index is 0.159. The van der Waals surface area contributed by atoms with Gasteiger partial charge in [-0.15, -0.1) is 22.7 Å². The van der Waals surface area contributed by atoms with E-state index in [9.17, 15) is 0 Å². The zero-order valence-electron chi connectivity index (χ0n) is 8.26. The molecule has 0 saturated heterocycles. The summed E-state index contributed by atoms with van der Waals surface area (Å²) < 4.78 is 2.52. The Morgan fingerprint density at radius 2 is 2.00 bits per heavy atom. The first-order valence-electron chi connectivity index (χ1n) is 4.49. The Hall–Kier alpha value is 0.420. The Balaban J connectivity index is 2.36. The van der Waals surface area contributed by atoms with E-state index in [2.05, 4.69) is 21.2 Å². The predicted octanol–water partition coefficient (Wildman–Crippen LogP) is 5.19. The average Bonchev–Trinajstić information content (AvgIpc) is 2.77. The lowest BCUT2D eigenvalue weighted by Crippen LogP contribution is -2.14. The molecule has 86 valence electrons. The average molecular weight is 357 g/mol. The maximum Gasteiger partial charge on any atom is 0.107 e. The van der Waals surface area contributed by atoms with Gasteiger partial charge in [0.2, 0.25) is 0 Å². The van der Waals surface area contributed by atoms with E-state index in [1.807, 2.05) is 25.2 Å². The van der Waals surface area contributed by atoms with Crippen molar-refractivity contribution in [1.29, 1.82) is 0 Å². The van der Waals surface area contributed by atoms with Crippen LogP contribution in [0.3, 0.4) is 0 Å². The number of hydrogen-bond donors (Lipinski definition) is 1. The zero-order chi connectivity index (χ0) is 11.7. The summed E-state index contributed by atoms with van der Waals surface area (Å²) in [4.78, 5) is 2.37. The van der Waals surface area contributed by atoms with Crippen molar-refractivity contribution in [2.75, 3.05) is 7.05 Å². The molecule has 2 aromatic rings. The molecule has 6 heteroatoms. The van der Waals surface area contributed by atoms with Crippen LogP contribution < -0.4 is 5.32 Å². The van der Waals surface area contributed by atoms with Gasteiger partial charge in [0.05, 0.1) is 10.4 Å². The molecule has 0 bridgehead atoms. The van der Waals surface area contributed by atoms with Crippen molar-refractivity contribution >= 4 is 61.8 Å². The monoisotopic (exact) mass is 355 g/mol. The Bertz CT molecular complexity index is 475. The minimum absolute atomic E-state index is 0.159. The minimum Gasteiger partial charge on any atom is -0.308 e. The molecule has 1 atom stereocenters. The number of hydrogen-bond acceptors (Lipinski definition) is 3. The third-order valence-corrected chi connectivity index (χ3v) is 5.95. The normalized spacial score (nSPS) is 13.0. The maximum absolute atomic E-state index is 6.04. The van der Waals surface area contributed by atoms with Crippen LogP contribution in [-0.2, 0) is 0 Å². The molecule has 0 amide bonds. The molecule has 0 aromatic carbocycles. The van der Waals surface area contributed by atoms with E-state index < -0.39 is 0 Å². The second-order valence-electron chi connectivity index (χ2n) is 3.13. The molecule has 16 heavy (non-hydrogen) atoms. The molecule has 0 saturated carbocycles. The van der Waals surface area contributed by atoms with Crippen molar-refractivity contribution in [2.45, 2.75) is 6.04 Å². The van der Waals surface area contributed by atoms with E-state index in [0.717, 1.165) is 13.1 Å². The highest BCUT2D eigenvalue weighted by Crippen LogP contribution is 2.39. The molecule has 1 nitrogen and oxygen atoms in total. The highest BCUT2D eigenvalue weighted by atomic mass is 79.9. The van der Waals surface area contributed by atoms with E-state index in [4.69, 9.17) is 23.2 Å². The molecule has 0 spiro atoms. The van der Waals surface area contributed by atoms with Crippen LogP contribution >= 0.6 is 61.8 Å². The number of thiophene rings is 2. The van der Waals surface area contributed by atoms with Gasteiger partial charge in [-0.05, 0) is 41.2 Å². The third-order valence-electron chi connectivity index (χ3n) is 2.12. The molecular formula is C10H8BrCl2NS2. The highest BCUT2D eigenvalue weighted by Gasteiger charge is 2.17. The molecule has 2 rings (SSSR count). The van der Waals surface area contributed by atoms with Gasteiger partial charge in [0, 0.05) is 14.2 Å². The van der Waals surface area contributed by atoms with Crippen molar-refractivity contribution in [3.05, 3.63) is 41.1 Å². The van der Waals surface area contributed by atoms with Gasteiger partial charge in [-0.2, -0.15) is 0 Å². The quantitative estimate of drug-likeness (QED) is 0.798. The van der Waals surface area contributed by atoms with Gasteiger partial charge in [0.25, 0.3) is 0 Å². The van der Waals surface area contributed by atoms with Crippen LogP contribution in [0.5, 0.6) is 0 Å². The standard InChI is InChI=1S/C10H8BrCl2NS2/c1-14-9(6-2-3-8(12)15-6)7-4-5(11)10(13)16-7/h2-4,9,14H,1H3. The summed E-state index contributed by atoms with van der Waals surface area (Å²) in [5.41, 5.74) is 0. The molecule has 1 N–H and O–H groups in total. The van der Waals surface area contributed by atoms with Crippen LogP contribution in [0.2, 0.25) is 8.67 Å². The molecule has 1 unspecified atom stereocenters. The predicted molar refractivity (Wildman–Crippen MR) is 77.3 cm³/mol. The van der Waals surface area contributed by atoms with Gasteiger partial charge in [0.1, 0.15) is 4.34 Å². The van der Waals surface area contributed by atoms with Gasteiger partial charge >= 0.3 is 0 Å². The van der Waals surface area contributed by atoms with Crippen molar-refractivity contribution in [1.82, 2.24) is 5.32 Å². The molecule has 2 heterocycles. The Labute approximate surface area is 121 Å². The van der Waals surface area contributed by atoms with Crippen molar-refractivity contribution < 1.29 is 0 Å². The lowest BCUT2D eigenvalue weighted by molar-refractivity contribution is 0.716. The first-order valence-corrected chi connectivity index (χ1v) is 7.67. The number of nitrogens with one attached hydrogen (secondary N) is 1. The van der Waals surface area contributed by atoms with E-state index in [0.29, 0.717) is 0 Å². The molecule has 0 aliphatic rings. The first-order chi connectivity index (χ1) is 7.61. The van der Waals surface area contributed by atoms with E-state index >= 15 is 0 Å². The van der Waals surface area contributed by atoms with Crippen LogP contribution in [0.4, 0.5) is 0 Å². The van der Waals surface area contributed by atoms with Crippen molar-refractivity contribution in [3.63, 3.8) is 0 Å². The second-order valence-corrected chi connectivity index (χ2v) is 7.42. The Morgan fingerprint density at radius 1 is 1.25 bits per heavy atom. The smallest absolute Gasteiger partial charge is 0.107 e. The van der Waals surface area contributed by atoms with E-state index in [-0.39, 0.29) is 6.04 Å². The van der Waals surface area contributed by atoms with Crippen LogP contribution in [0.1, 0.15) is 15.8 Å². The summed E-state index contributed by atoms with van der Waals surface area (Å²) in [6.07, 6.45) is 0. The largest absolute Gasteiger partial charge is 0.308 e. The van der Waals surface area contributed by atoms with Gasteiger partial charge < -0.3 is 5.32 Å². The lowest BCUT2D eigenvalue weighted by Gasteiger charge is -2.11. The third kappa shape index (κ3) is 2.63. The molecular weight excluding hydrogens is 349 g/mol. The van der Waals surface area contributed by atoms with Crippen LogP contribution in [0.25, 0.3) is 0 Å². The topological polar surface area (TPSA) is 12.0 Å². The van der Waals surface area contributed by atoms with Crippen LogP contribution in [0.15, 0.2) is 22.7 Å². The second kappa shape index (κ2) is 5.38. The van der Waals surface area contributed by atoms with Crippen LogP contribution in [0, 0.1) is 0 Å². The number of rotatable bonds is 3. The highest BCUT2D eigenvalue weighted by molar-refractivity contribution is 9.10. The SMILES string of the molecule is CNC(c1ccc(Cl)s1)c1cc(Br)c(Cl)s1. The molecule has 2 aromatic heterocycles. The summed E-state index contributed by atoms with van der Waals surface area (Å²) in [5, 5.41) is 3.27. The fourth-order valence-electron chi connectivity index (χ4n) is 1.41. The molecule has 0 fully saturated rings. The zero-order valence-corrected chi connectivity index (χ0v) is 13.0. The summed E-state index contributed by atoms with van der Waals surface area (Å²) in [5.74, 6) is 0. The molecule has 0 aliphatic carbocycles. The molecule has 0 radical (unpaired) electrons. The van der Waals surface area contributed by atoms with Gasteiger partial charge in [-0.25, -0.2) is 0 Å². The summed E-state index contributed by atoms with van der Waals surface area (Å²) in [6, 6.07) is 6.15. The summed E-state index contributed by atoms with van der Waals surface area (Å²) in [7, 11) is 1.93. The fourth-order valence-corrected chi connectivity index (χ4v) is 4.54. The fraction of sp³-hybridized carbons (Fsp3) is 0.200. The number of halogens is 3. The first kappa shape index (κ1) is 12.9. The van der Waals surface area contributed by atoms with Crippen molar-refractivity contribution in [3.8, 4) is 0 Å². The molecule has 0 aliphatic heterocycles. The Morgan fingerprint density at radius 3 is 2.44 bits per heavy atom. The maximum atomic E-state index is 6.04. The summed E-state index contributed by atoms with van der Waals surface area (Å²) in [6.45, 7) is 0. The lowest BCUT2D eigenvalue weighted by atomic mass is 10.2. The van der Waals surface area contributed by atoms with Gasteiger partial charge in [0.15, 0.2) is 0 Å². The van der Waals surface area contributed by atoms with Crippen molar-refractivity contribution in [2.24, 2.45) is 0 Å². The Kier molecular flexibility index (Phi) is 4.32. The van der Waals surface area contributed by atoms with Gasteiger partial charge in [-0.3, -0.25) is 0 Å². The van der Waals surface area contributed by atoms with E-state index in [1.54, 1.807) is 22.7 Å². The summed E-state index contributed by atoms with van der Waals surface area (Å²) >= 11 is 18.6. The van der Waals surface area contributed by atoms with E-state index in [1.165, 1.54) is 9.75 Å². The van der Waals surface area contributed by atoms with Crippen LogP contribution in [-0.4, -0.2) is 7.05 Å². The van der Waals surface area contributed by atoms with Gasteiger partial charge in [-0.1, -0.05) is 23.2 Å².